The van der Waals surface area contributed by atoms with Crippen LogP contribution in [0.2, 0.25) is 0 Å². The third kappa shape index (κ3) is 3.83. The zero-order valence-corrected chi connectivity index (χ0v) is 14.7. The first kappa shape index (κ1) is 17.2. The lowest BCUT2D eigenvalue weighted by atomic mass is 9.92. The fourth-order valence-corrected chi connectivity index (χ4v) is 3.32. The molecule has 2 heterocycles. The van der Waals surface area contributed by atoms with Crippen LogP contribution in [-0.2, 0) is 11.3 Å². The molecule has 0 aliphatic carbocycles. The van der Waals surface area contributed by atoms with E-state index in [9.17, 15) is 4.79 Å². The number of ether oxygens (including phenoxy) is 1. The average molecular weight is 363 g/mol. The molecule has 7 heteroatoms. The molecule has 3 atom stereocenters. The Morgan fingerprint density at radius 1 is 1.22 bits per heavy atom. The van der Waals surface area contributed by atoms with E-state index in [2.05, 4.69) is 15.6 Å². The molecular weight excluding hydrogens is 342 g/mol. The van der Waals surface area contributed by atoms with Crippen molar-refractivity contribution in [3.63, 3.8) is 0 Å². The molecule has 0 fully saturated rings. The highest BCUT2D eigenvalue weighted by atomic mass is 16.5. The quantitative estimate of drug-likeness (QED) is 0.723. The first-order chi connectivity index (χ1) is 13.2. The maximum absolute atomic E-state index is 12.7. The number of hydrogen-bond donors (Lipinski definition) is 2. The van der Waals surface area contributed by atoms with Gasteiger partial charge in [-0.1, -0.05) is 53.7 Å². The van der Waals surface area contributed by atoms with Crippen LogP contribution in [0, 0.1) is 0 Å². The molecule has 0 saturated carbocycles. The van der Waals surface area contributed by atoms with Gasteiger partial charge in [0.05, 0.1) is 18.8 Å². The summed E-state index contributed by atoms with van der Waals surface area (Å²) in [6, 6.07) is 16.9. The van der Waals surface area contributed by atoms with E-state index in [4.69, 9.17) is 10.5 Å². The Bertz CT molecular complexity index is 898. The van der Waals surface area contributed by atoms with Crippen LogP contribution in [0.3, 0.4) is 0 Å². The van der Waals surface area contributed by atoms with Crippen molar-refractivity contribution in [3.8, 4) is 5.75 Å². The molecule has 0 unspecified atom stereocenters. The summed E-state index contributed by atoms with van der Waals surface area (Å²) in [6.45, 7) is 0.277. The van der Waals surface area contributed by atoms with Crippen molar-refractivity contribution in [1.29, 1.82) is 0 Å². The molecule has 1 aliphatic rings. The number of hydrogen-bond acceptors (Lipinski definition) is 5. The molecular formula is C20H21N5O2. The molecule has 3 N–H and O–H groups in total. The average Bonchev–Trinajstić information content (AvgIpc) is 3.21. The van der Waals surface area contributed by atoms with Gasteiger partial charge in [0, 0.05) is 18.2 Å². The number of benzene rings is 2. The Labute approximate surface area is 157 Å². The number of fused-ring (bicyclic) bond motifs is 1. The number of nitrogens with two attached hydrogens (primary N) is 1. The summed E-state index contributed by atoms with van der Waals surface area (Å²) in [5.41, 5.74) is 8.10. The molecule has 0 spiro atoms. The van der Waals surface area contributed by atoms with E-state index in [1.54, 1.807) is 17.1 Å². The summed E-state index contributed by atoms with van der Waals surface area (Å²) in [6.07, 6.45) is 3.76. The maximum Gasteiger partial charge on any atom is 0.239 e. The van der Waals surface area contributed by atoms with E-state index in [0.29, 0.717) is 6.42 Å². The molecule has 1 aliphatic heterocycles. The van der Waals surface area contributed by atoms with Crippen LogP contribution >= 0.6 is 0 Å². The van der Waals surface area contributed by atoms with E-state index in [1.807, 2.05) is 54.6 Å². The highest BCUT2D eigenvalue weighted by Gasteiger charge is 2.31. The number of carbonyl (C=O) groups is 1. The second kappa shape index (κ2) is 7.59. The zero-order valence-electron chi connectivity index (χ0n) is 14.7. The van der Waals surface area contributed by atoms with Crippen molar-refractivity contribution in [1.82, 2.24) is 20.3 Å². The Hall–Kier alpha value is -3.19. The van der Waals surface area contributed by atoms with Crippen LogP contribution in [-0.4, -0.2) is 26.9 Å². The van der Waals surface area contributed by atoms with Crippen LogP contribution in [0.4, 0.5) is 0 Å². The smallest absolute Gasteiger partial charge is 0.239 e. The topological polar surface area (TPSA) is 95.1 Å². The second-order valence-electron chi connectivity index (χ2n) is 6.58. The first-order valence-corrected chi connectivity index (χ1v) is 8.91. The van der Waals surface area contributed by atoms with Gasteiger partial charge in [-0.25, -0.2) is 0 Å². The molecule has 138 valence electrons. The number of carbonyl (C=O) groups excluding carboxylic acids is 1. The molecule has 0 saturated heterocycles. The first-order valence-electron chi connectivity index (χ1n) is 8.91. The summed E-state index contributed by atoms with van der Waals surface area (Å²) in [5, 5.41) is 10.7. The standard InChI is InChI=1S/C20H21N5O2/c21-16(13-25-11-10-22-24-25)20(26)23-17-12-19(14-6-2-1-3-7-14)27-18-9-5-4-8-15(17)18/h1-11,16-17,19H,12-13,21H2,(H,23,26)/t16-,17-,19+/m1/s1. The Morgan fingerprint density at radius 3 is 2.78 bits per heavy atom. The lowest BCUT2D eigenvalue weighted by molar-refractivity contribution is -0.123. The summed E-state index contributed by atoms with van der Waals surface area (Å²) in [7, 11) is 0. The highest BCUT2D eigenvalue weighted by Crippen LogP contribution is 2.40. The number of rotatable bonds is 5. The predicted octanol–water partition coefficient (Wildman–Crippen LogP) is 1.99. The SMILES string of the molecule is N[C@H](Cn1ccnn1)C(=O)N[C@@H]1C[C@@H](c2ccccc2)Oc2ccccc21. The Kier molecular flexibility index (Phi) is 4.84. The summed E-state index contributed by atoms with van der Waals surface area (Å²) < 4.78 is 7.72. The minimum absolute atomic E-state index is 0.127. The summed E-state index contributed by atoms with van der Waals surface area (Å²) in [5.74, 6) is 0.562. The maximum atomic E-state index is 12.7. The molecule has 4 rings (SSSR count). The third-order valence-electron chi connectivity index (χ3n) is 4.69. The molecule has 7 nitrogen and oxygen atoms in total. The van der Waals surface area contributed by atoms with Gasteiger partial charge in [-0.2, -0.15) is 0 Å². The molecule has 1 aromatic heterocycles. The summed E-state index contributed by atoms with van der Waals surface area (Å²) >= 11 is 0. The molecule has 3 aromatic rings. The fraction of sp³-hybridized carbons (Fsp3) is 0.250. The van der Waals surface area contributed by atoms with E-state index in [1.165, 1.54) is 0 Å². The zero-order chi connectivity index (χ0) is 18.6. The van der Waals surface area contributed by atoms with Crippen molar-refractivity contribution < 1.29 is 9.53 Å². The number of nitrogens with zero attached hydrogens (tertiary/aromatic N) is 3. The molecule has 0 bridgehead atoms. The Balaban J connectivity index is 1.52. The lowest BCUT2D eigenvalue weighted by Crippen LogP contribution is -2.45. The van der Waals surface area contributed by atoms with Gasteiger partial charge in [0.25, 0.3) is 0 Å². The van der Waals surface area contributed by atoms with Crippen LogP contribution < -0.4 is 15.8 Å². The Morgan fingerprint density at radius 2 is 2.00 bits per heavy atom. The largest absolute Gasteiger partial charge is 0.485 e. The van der Waals surface area contributed by atoms with E-state index >= 15 is 0 Å². The second-order valence-corrected chi connectivity index (χ2v) is 6.58. The van der Waals surface area contributed by atoms with Gasteiger partial charge >= 0.3 is 0 Å². The van der Waals surface area contributed by atoms with Crippen molar-refractivity contribution in [2.45, 2.75) is 31.2 Å². The van der Waals surface area contributed by atoms with Crippen LogP contribution in [0.1, 0.15) is 29.7 Å². The minimum atomic E-state index is -0.711. The minimum Gasteiger partial charge on any atom is -0.485 e. The van der Waals surface area contributed by atoms with Crippen LogP contribution in [0.25, 0.3) is 0 Å². The molecule has 2 aromatic carbocycles. The van der Waals surface area contributed by atoms with E-state index in [0.717, 1.165) is 16.9 Å². The molecule has 1 amide bonds. The van der Waals surface area contributed by atoms with E-state index < -0.39 is 6.04 Å². The van der Waals surface area contributed by atoms with Crippen molar-refractivity contribution >= 4 is 5.91 Å². The van der Waals surface area contributed by atoms with E-state index in [-0.39, 0.29) is 24.6 Å². The van der Waals surface area contributed by atoms with Gasteiger partial charge in [-0.3, -0.25) is 9.48 Å². The van der Waals surface area contributed by atoms with Crippen molar-refractivity contribution in [3.05, 3.63) is 78.1 Å². The van der Waals surface area contributed by atoms with Crippen LogP contribution in [0.5, 0.6) is 5.75 Å². The monoisotopic (exact) mass is 363 g/mol. The predicted molar refractivity (Wildman–Crippen MR) is 99.8 cm³/mol. The third-order valence-corrected chi connectivity index (χ3v) is 4.69. The van der Waals surface area contributed by atoms with Gasteiger partial charge in [0.1, 0.15) is 17.9 Å². The van der Waals surface area contributed by atoms with Gasteiger partial charge in [-0.15, -0.1) is 5.10 Å². The van der Waals surface area contributed by atoms with Crippen molar-refractivity contribution in [2.75, 3.05) is 0 Å². The molecule has 0 radical (unpaired) electrons. The molecule has 27 heavy (non-hydrogen) atoms. The van der Waals surface area contributed by atoms with Crippen molar-refractivity contribution in [2.24, 2.45) is 5.73 Å². The van der Waals surface area contributed by atoms with Gasteiger partial charge in [0.2, 0.25) is 5.91 Å². The van der Waals surface area contributed by atoms with Crippen LogP contribution in [0.15, 0.2) is 67.0 Å². The number of aromatic nitrogens is 3. The normalized spacial score (nSPS) is 19.6. The van der Waals surface area contributed by atoms with Gasteiger partial charge in [0.15, 0.2) is 0 Å². The number of nitrogens with one attached hydrogen (secondary N) is 1. The number of para-hydroxylation sites is 1. The van der Waals surface area contributed by atoms with Gasteiger partial charge in [-0.05, 0) is 11.6 Å². The lowest BCUT2D eigenvalue weighted by Gasteiger charge is -2.33. The number of amides is 1. The highest BCUT2D eigenvalue weighted by molar-refractivity contribution is 5.82. The summed E-state index contributed by atoms with van der Waals surface area (Å²) in [4.78, 5) is 12.7. The fourth-order valence-electron chi connectivity index (χ4n) is 3.32. The van der Waals surface area contributed by atoms with Gasteiger partial charge < -0.3 is 15.8 Å².